The van der Waals surface area contributed by atoms with Gasteiger partial charge in [-0.05, 0) is 25.3 Å². The minimum absolute atomic E-state index is 0.0331. The van der Waals surface area contributed by atoms with Crippen molar-refractivity contribution in [2.45, 2.75) is 37.4 Å². The number of hydrogen-bond acceptors (Lipinski definition) is 3. The van der Waals surface area contributed by atoms with E-state index in [9.17, 15) is 4.79 Å². The summed E-state index contributed by atoms with van der Waals surface area (Å²) in [7, 11) is 0. The zero-order valence-corrected chi connectivity index (χ0v) is 11.9. The van der Waals surface area contributed by atoms with Crippen molar-refractivity contribution in [2.24, 2.45) is 5.73 Å². The van der Waals surface area contributed by atoms with Crippen LogP contribution in [0, 0.1) is 0 Å². The minimum Gasteiger partial charge on any atom is -0.370 e. The Kier molecular flexibility index (Phi) is 3.52. The lowest BCUT2D eigenvalue weighted by molar-refractivity contribution is -0.146. The van der Waals surface area contributed by atoms with Crippen molar-refractivity contribution in [2.75, 3.05) is 19.6 Å². The molecule has 0 bridgehead atoms. The van der Waals surface area contributed by atoms with E-state index in [0.29, 0.717) is 19.6 Å². The number of amides is 1. The second-order valence-corrected chi connectivity index (χ2v) is 5.96. The molecule has 0 radical (unpaired) electrons. The predicted octanol–water partition coefficient (Wildman–Crippen LogP) is 1.29. The third-order valence-electron chi connectivity index (χ3n) is 4.36. The summed E-state index contributed by atoms with van der Waals surface area (Å²) in [6.45, 7) is 3.76. The highest BCUT2D eigenvalue weighted by atomic mass is 16.5. The van der Waals surface area contributed by atoms with Gasteiger partial charge in [-0.3, -0.25) is 4.79 Å². The van der Waals surface area contributed by atoms with Gasteiger partial charge in [0.15, 0.2) is 0 Å². The molecule has 0 aromatic heterocycles. The first-order valence-corrected chi connectivity index (χ1v) is 7.36. The summed E-state index contributed by atoms with van der Waals surface area (Å²) >= 11 is 0. The Morgan fingerprint density at radius 1 is 1.35 bits per heavy atom. The first-order valence-electron chi connectivity index (χ1n) is 7.36. The van der Waals surface area contributed by atoms with E-state index in [2.05, 4.69) is 12.1 Å². The van der Waals surface area contributed by atoms with Crippen LogP contribution >= 0.6 is 0 Å². The van der Waals surface area contributed by atoms with Crippen LogP contribution in [0.1, 0.15) is 25.3 Å². The molecule has 2 N–H and O–H groups in total. The first kappa shape index (κ1) is 13.6. The maximum atomic E-state index is 12.9. The molecule has 2 atom stereocenters. The number of morpholine rings is 1. The molecule has 4 nitrogen and oxygen atoms in total. The van der Waals surface area contributed by atoms with Gasteiger partial charge in [-0.2, -0.15) is 0 Å². The van der Waals surface area contributed by atoms with E-state index >= 15 is 0 Å². The van der Waals surface area contributed by atoms with Crippen molar-refractivity contribution < 1.29 is 9.53 Å². The van der Waals surface area contributed by atoms with Gasteiger partial charge in [0.2, 0.25) is 5.91 Å². The van der Waals surface area contributed by atoms with Crippen LogP contribution in [-0.2, 0) is 14.9 Å². The third-order valence-corrected chi connectivity index (χ3v) is 4.36. The summed E-state index contributed by atoms with van der Waals surface area (Å²) in [5.74, 6) is 0.248. The maximum absolute atomic E-state index is 12.9. The highest BCUT2D eigenvalue weighted by Crippen LogP contribution is 2.49. The van der Waals surface area contributed by atoms with E-state index in [1.807, 2.05) is 30.0 Å². The van der Waals surface area contributed by atoms with Crippen LogP contribution < -0.4 is 5.73 Å². The van der Waals surface area contributed by atoms with E-state index in [0.717, 1.165) is 18.4 Å². The van der Waals surface area contributed by atoms with Crippen molar-refractivity contribution in [3.8, 4) is 0 Å². The number of nitrogens with zero attached hydrogens (tertiary/aromatic N) is 1. The number of ether oxygens (including phenoxy) is 1. The number of carbonyl (C=O) groups is 1. The molecule has 3 rings (SSSR count). The van der Waals surface area contributed by atoms with Crippen LogP contribution in [0.2, 0.25) is 0 Å². The highest BCUT2D eigenvalue weighted by molar-refractivity contribution is 5.91. The highest BCUT2D eigenvalue weighted by Gasteiger charge is 2.53. The smallest absolute Gasteiger partial charge is 0.233 e. The van der Waals surface area contributed by atoms with Gasteiger partial charge in [0.1, 0.15) is 0 Å². The SMILES string of the molecule is CC1CN(C(=O)C2(c3ccccc3)CC2)CC(CN)O1. The van der Waals surface area contributed by atoms with Gasteiger partial charge in [0, 0.05) is 19.6 Å². The quantitative estimate of drug-likeness (QED) is 0.903. The Balaban J connectivity index is 1.79. The monoisotopic (exact) mass is 274 g/mol. The second-order valence-electron chi connectivity index (χ2n) is 5.96. The van der Waals surface area contributed by atoms with E-state index in [1.54, 1.807) is 0 Å². The van der Waals surface area contributed by atoms with Crippen molar-refractivity contribution in [1.82, 2.24) is 4.90 Å². The lowest BCUT2D eigenvalue weighted by Crippen LogP contribution is -2.53. The number of nitrogens with two attached hydrogens (primary N) is 1. The van der Waals surface area contributed by atoms with Gasteiger partial charge in [0.05, 0.1) is 17.6 Å². The lowest BCUT2D eigenvalue weighted by Gasteiger charge is -2.38. The predicted molar refractivity (Wildman–Crippen MR) is 77.3 cm³/mol. The molecule has 1 heterocycles. The van der Waals surface area contributed by atoms with Crippen molar-refractivity contribution in [3.63, 3.8) is 0 Å². The van der Waals surface area contributed by atoms with Crippen molar-refractivity contribution in [1.29, 1.82) is 0 Å². The summed E-state index contributed by atoms with van der Waals surface area (Å²) in [4.78, 5) is 14.9. The summed E-state index contributed by atoms with van der Waals surface area (Å²) in [6.07, 6.45) is 1.94. The number of rotatable bonds is 3. The first-order chi connectivity index (χ1) is 9.65. The van der Waals surface area contributed by atoms with Crippen molar-refractivity contribution >= 4 is 5.91 Å². The molecule has 1 aromatic carbocycles. The van der Waals surface area contributed by atoms with E-state index in [1.165, 1.54) is 0 Å². The molecule has 2 unspecified atom stereocenters. The summed E-state index contributed by atoms with van der Waals surface area (Å²) < 4.78 is 5.74. The largest absolute Gasteiger partial charge is 0.370 e. The molecule has 0 spiro atoms. The number of benzene rings is 1. The minimum atomic E-state index is -0.280. The molecule has 2 aliphatic rings. The average Bonchev–Trinajstić information content (AvgIpc) is 3.28. The van der Waals surface area contributed by atoms with Gasteiger partial charge in [-0.1, -0.05) is 30.3 Å². The van der Waals surface area contributed by atoms with Gasteiger partial charge >= 0.3 is 0 Å². The molecule has 1 aliphatic heterocycles. The maximum Gasteiger partial charge on any atom is 0.233 e. The van der Waals surface area contributed by atoms with Crippen LogP contribution in [-0.4, -0.2) is 42.6 Å². The van der Waals surface area contributed by atoms with Gasteiger partial charge < -0.3 is 15.4 Å². The Morgan fingerprint density at radius 2 is 2.05 bits per heavy atom. The third kappa shape index (κ3) is 2.34. The fourth-order valence-electron chi connectivity index (χ4n) is 3.15. The van der Waals surface area contributed by atoms with Gasteiger partial charge in [-0.15, -0.1) is 0 Å². The zero-order valence-electron chi connectivity index (χ0n) is 11.9. The van der Waals surface area contributed by atoms with Gasteiger partial charge in [0.25, 0.3) is 0 Å². The molecule has 1 aromatic rings. The summed E-state index contributed by atoms with van der Waals surface area (Å²) in [5.41, 5.74) is 6.57. The Labute approximate surface area is 119 Å². The zero-order chi connectivity index (χ0) is 14.2. The molecular weight excluding hydrogens is 252 g/mol. The van der Waals surface area contributed by atoms with Crippen molar-refractivity contribution in [3.05, 3.63) is 35.9 Å². The van der Waals surface area contributed by atoms with Crippen LogP contribution in [0.3, 0.4) is 0 Å². The van der Waals surface area contributed by atoms with E-state index in [4.69, 9.17) is 10.5 Å². The Hall–Kier alpha value is -1.39. The molecule has 1 saturated heterocycles. The molecule has 1 amide bonds. The molecule has 108 valence electrons. The topological polar surface area (TPSA) is 55.6 Å². The molecule has 2 fully saturated rings. The van der Waals surface area contributed by atoms with E-state index in [-0.39, 0.29) is 23.5 Å². The molecular formula is C16H22N2O2. The fourth-order valence-corrected chi connectivity index (χ4v) is 3.15. The van der Waals surface area contributed by atoms with Gasteiger partial charge in [-0.25, -0.2) is 0 Å². The lowest BCUT2D eigenvalue weighted by atomic mass is 9.94. The van der Waals surface area contributed by atoms with E-state index < -0.39 is 0 Å². The summed E-state index contributed by atoms with van der Waals surface area (Å²) in [6, 6.07) is 10.1. The molecule has 1 saturated carbocycles. The Morgan fingerprint density at radius 3 is 2.65 bits per heavy atom. The fraction of sp³-hybridized carbons (Fsp3) is 0.562. The second kappa shape index (κ2) is 5.19. The Bertz CT molecular complexity index is 485. The standard InChI is InChI=1S/C16H22N2O2/c1-12-10-18(11-14(9-17)20-12)15(19)16(7-8-16)13-5-3-2-4-6-13/h2-6,12,14H,7-11,17H2,1H3. The molecule has 20 heavy (non-hydrogen) atoms. The van der Waals surface area contributed by atoms with Crippen LogP contribution in [0.4, 0.5) is 0 Å². The summed E-state index contributed by atoms with van der Waals surface area (Å²) in [5, 5.41) is 0. The molecule has 1 aliphatic carbocycles. The number of carbonyl (C=O) groups excluding carboxylic acids is 1. The average molecular weight is 274 g/mol. The van der Waals surface area contributed by atoms with Crippen LogP contribution in [0.5, 0.6) is 0 Å². The number of hydrogen-bond donors (Lipinski definition) is 1. The van der Waals surface area contributed by atoms with Crippen LogP contribution in [0.25, 0.3) is 0 Å². The normalized spacial score (nSPS) is 28.2. The molecule has 4 heteroatoms. The van der Waals surface area contributed by atoms with Crippen LogP contribution in [0.15, 0.2) is 30.3 Å².